The van der Waals surface area contributed by atoms with Crippen molar-refractivity contribution in [1.82, 2.24) is 0 Å². The molecule has 0 aromatic rings. The summed E-state index contributed by atoms with van der Waals surface area (Å²) in [4.78, 5) is 38.3. The van der Waals surface area contributed by atoms with Crippen LogP contribution in [0.4, 0.5) is 0 Å². The maximum absolute atomic E-state index is 12.9. The third-order valence-corrected chi connectivity index (χ3v) is 14.1. The number of unbranched alkanes of at least 4 members (excludes halogenated alkanes) is 34. The van der Waals surface area contributed by atoms with Crippen LogP contribution in [0, 0.1) is 0 Å². The fourth-order valence-electron chi connectivity index (χ4n) is 9.27. The Kier molecular flexibility index (Phi) is 61.2. The molecule has 0 saturated heterocycles. The van der Waals surface area contributed by atoms with E-state index >= 15 is 0 Å². The normalized spacial score (nSPS) is 12.6. The maximum Gasteiger partial charge on any atom is 0.306 e. The van der Waals surface area contributed by atoms with Gasteiger partial charge in [0.15, 0.2) is 6.10 Å². The highest BCUT2D eigenvalue weighted by Crippen LogP contribution is 2.17. The zero-order valence-corrected chi connectivity index (χ0v) is 50.3. The van der Waals surface area contributed by atoms with Gasteiger partial charge in [-0.3, -0.25) is 14.4 Å². The predicted octanol–water partition coefficient (Wildman–Crippen LogP) is 22.3. The van der Waals surface area contributed by atoms with Gasteiger partial charge in [0.2, 0.25) is 0 Å². The van der Waals surface area contributed by atoms with Crippen molar-refractivity contribution in [3.8, 4) is 0 Å². The maximum atomic E-state index is 12.9. The van der Waals surface area contributed by atoms with Crippen molar-refractivity contribution in [2.24, 2.45) is 0 Å². The van der Waals surface area contributed by atoms with Gasteiger partial charge in [0, 0.05) is 19.3 Å². The Balaban J connectivity index is 4.39. The van der Waals surface area contributed by atoms with Crippen molar-refractivity contribution in [1.29, 1.82) is 0 Å². The second kappa shape index (κ2) is 64.1. The van der Waals surface area contributed by atoms with Gasteiger partial charge in [-0.05, 0) is 96.3 Å². The van der Waals surface area contributed by atoms with Crippen molar-refractivity contribution < 1.29 is 28.6 Å². The predicted molar refractivity (Wildman–Crippen MR) is 330 cm³/mol. The fraction of sp³-hybridized carbons (Fsp3) is 0.757. The summed E-state index contributed by atoms with van der Waals surface area (Å²) in [5.41, 5.74) is 0. The number of carbonyl (C=O) groups is 3. The summed E-state index contributed by atoms with van der Waals surface area (Å²) in [6.07, 6.45) is 84.5. The lowest BCUT2D eigenvalue weighted by molar-refractivity contribution is -0.167. The number of carbonyl (C=O) groups excluding carboxylic acids is 3. The summed E-state index contributed by atoms with van der Waals surface area (Å²) in [5.74, 6) is -0.905. The molecule has 0 spiro atoms. The molecule has 1 atom stereocenters. The molecule has 0 N–H and O–H groups in total. The van der Waals surface area contributed by atoms with Crippen LogP contribution in [0.15, 0.2) is 85.1 Å². The first-order chi connectivity index (χ1) is 37.5. The van der Waals surface area contributed by atoms with Gasteiger partial charge >= 0.3 is 17.9 Å². The minimum absolute atomic E-state index is 0.0866. The van der Waals surface area contributed by atoms with Crippen LogP contribution in [-0.2, 0) is 28.6 Å². The lowest BCUT2D eigenvalue weighted by Crippen LogP contribution is -2.30. The third kappa shape index (κ3) is 61.4. The van der Waals surface area contributed by atoms with Gasteiger partial charge in [0.1, 0.15) is 13.2 Å². The summed E-state index contributed by atoms with van der Waals surface area (Å²) < 4.78 is 16.9. The Hall–Kier alpha value is -3.41. The van der Waals surface area contributed by atoms with Crippen LogP contribution in [0.5, 0.6) is 0 Å². The molecule has 0 aliphatic carbocycles. The first-order valence-corrected chi connectivity index (χ1v) is 32.6. The van der Waals surface area contributed by atoms with Gasteiger partial charge in [-0.1, -0.05) is 292 Å². The van der Waals surface area contributed by atoms with E-state index < -0.39 is 6.10 Å². The first-order valence-electron chi connectivity index (χ1n) is 32.6. The number of allylic oxidation sites excluding steroid dienone is 14. The average molecular weight is 1060 g/mol. The summed E-state index contributed by atoms with van der Waals surface area (Å²) >= 11 is 0. The van der Waals surface area contributed by atoms with Crippen LogP contribution < -0.4 is 0 Å². The van der Waals surface area contributed by atoms with Gasteiger partial charge < -0.3 is 14.2 Å². The molecule has 0 aromatic carbocycles. The molecule has 6 nitrogen and oxygen atoms in total. The van der Waals surface area contributed by atoms with Crippen LogP contribution in [0.25, 0.3) is 0 Å². The number of esters is 3. The Morgan fingerprint density at radius 1 is 0.276 bits per heavy atom. The molecule has 0 aromatic heterocycles. The average Bonchev–Trinajstić information content (AvgIpc) is 3.42. The zero-order valence-electron chi connectivity index (χ0n) is 50.3. The van der Waals surface area contributed by atoms with Crippen molar-refractivity contribution in [2.45, 2.75) is 329 Å². The van der Waals surface area contributed by atoms with Gasteiger partial charge in [-0.25, -0.2) is 0 Å². The smallest absolute Gasteiger partial charge is 0.306 e. The molecule has 0 heterocycles. The number of hydrogen-bond donors (Lipinski definition) is 0. The Labute approximate surface area is 471 Å². The van der Waals surface area contributed by atoms with Crippen molar-refractivity contribution in [3.05, 3.63) is 85.1 Å². The Bertz CT molecular complexity index is 1450. The summed E-state index contributed by atoms with van der Waals surface area (Å²) in [5, 5.41) is 0. The van der Waals surface area contributed by atoms with Gasteiger partial charge in [-0.2, -0.15) is 0 Å². The lowest BCUT2D eigenvalue weighted by Gasteiger charge is -2.18. The van der Waals surface area contributed by atoms with E-state index in [4.69, 9.17) is 14.2 Å². The number of rotatable bonds is 59. The molecule has 0 saturated carbocycles. The lowest BCUT2D eigenvalue weighted by atomic mass is 10.0. The van der Waals surface area contributed by atoms with Gasteiger partial charge in [-0.15, -0.1) is 0 Å². The van der Waals surface area contributed by atoms with E-state index in [9.17, 15) is 14.4 Å². The topological polar surface area (TPSA) is 78.9 Å². The molecule has 0 bridgehead atoms. The molecular formula is C70H122O6. The van der Waals surface area contributed by atoms with Gasteiger partial charge in [0.05, 0.1) is 0 Å². The zero-order chi connectivity index (χ0) is 55.0. The van der Waals surface area contributed by atoms with E-state index in [0.717, 1.165) is 116 Å². The van der Waals surface area contributed by atoms with E-state index in [1.807, 2.05) is 0 Å². The molecular weight excluding hydrogens is 937 g/mol. The molecule has 0 amide bonds. The monoisotopic (exact) mass is 1060 g/mol. The van der Waals surface area contributed by atoms with Crippen LogP contribution in [-0.4, -0.2) is 37.2 Å². The standard InChI is InChI=1S/C70H122O6/c1-4-7-10-13-16-19-22-25-28-30-32-34-35-37-38-40-42-45-48-51-54-57-60-63-69(72)75-66-67(65-74-68(71)62-59-56-53-50-47-44-27-24-21-18-15-12-9-6-3)76-70(73)64-61-58-55-52-49-46-43-41-39-36-33-31-29-26-23-20-17-14-11-8-5-2/h7,10,16,19,24-25,27-28,32,34,37-38,42,45,67H,4-6,8-9,11-15,17-18,20-23,26,29-31,33,35-36,39-41,43-44,46-66H2,1-3H3/b10-7-,19-16-,27-24-,28-25-,34-32-,38-37-,45-42-. The van der Waals surface area contributed by atoms with Crippen molar-refractivity contribution in [2.75, 3.05) is 13.2 Å². The molecule has 0 aliphatic rings. The molecule has 76 heavy (non-hydrogen) atoms. The minimum Gasteiger partial charge on any atom is -0.462 e. The van der Waals surface area contributed by atoms with E-state index in [0.29, 0.717) is 19.3 Å². The SMILES string of the molecule is CC/C=C\C/C=C\C/C=C\C/C=C\C/C=C\C/C=C\CCCCCCC(=O)OCC(COC(=O)CCCCCCC/C=C\CCCCCCC)OC(=O)CCCCCCCCCCCCCCCCCCCCCCC. The highest BCUT2D eigenvalue weighted by atomic mass is 16.6. The second-order valence-corrected chi connectivity index (χ2v) is 21.6. The Morgan fingerprint density at radius 2 is 0.513 bits per heavy atom. The third-order valence-electron chi connectivity index (χ3n) is 14.1. The highest BCUT2D eigenvalue weighted by Gasteiger charge is 2.19. The van der Waals surface area contributed by atoms with Crippen molar-refractivity contribution in [3.63, 3.8) is 0 Å². The highest BCUT2D eigenvalue weighted by molar-refractivity contribution is 5.71. The number of hydrogen-bond acceptors (Lipinski definition) is 6. The molecule has 0 radical (unpaired) electrons. The van der Waals surface area contributed by atoms with Gasteiger partial charge in [0.25, 0.3) is 0 Å². The molecule has 0 fully saturated rings. The second-order valence-electron chi connectivity index (χ2n) is 21.6. The molecule has 0 aliphatic heterocycles. The minimum atomic E-state index is -0.791. The summed E-state index contributed by atoms with van der Waals surface area (Å²) in [6, 6.07) is 0. The van der Waals surface area contributed by atoms with E-state index in [1.165, 1.54) is 167 Å². The summed E-state index contributed by atoms with van der Waals surface area (Å²) in [7, 11) is 0. The quantitative estimate of drug-likeness (QED) is 0.0261. The molecule has 438 valence electrons. The van der Waals surface area contributed by atoms with Crippen LogP contribution in [0.2, 0.25) is 0 Å². The largest absolute Gasteiger partial charge is 0.462 e. The molecule has 0 rings (SSSR count). The summed E-state index contributed by atoms with van der Waals surface area (Å²) in [6.45, 7) is 6.53. The molecule has 1 unspecified atom stereocenters. The number of ether oxygens (including phenoxy) is 3. The first kappa shape index (κ1) is 72.6. The van der Waals surface area contributed by atoms with Crippen LogP contribution >= 0.6 is 0 Å². The van der Waals surface area contributed by atoms with E-state index in [-0.39, 0.29) is 31.1 Å². The van der Waals surface area contributed by atoms with E-state index in [1.54, 1.807) is 0 Å². The fourth-order valence-corrected chi connectivity index (χ4v) is 9.27. The molecule has 6 heteroatoms. The van der Waals surface area contributed by atoms with E-state index in [2.05, 4.69) is 106 Å². The van der Waals surface area contributed by atoms with Crippen molar-refractivity contribution >= 4 is 17.9 Å². The van der Waals surface area contributed by atoms with Crippen LogP contribution in [0.3, 0.4) is 0 Å². The van der Waals surface area contributed by atoms with Crippen LogP contribution in [0.1, 0.15) is 323 Å². The Morgan fingerprint density at radius 3 is 0.816 bits per heavy atom.